The summed E-state index contributed by atoms with van der Waals surface area (Å²) < 4.78 is 116. The van der Waals surface area contributed by atoms with E-state index in [-0.39, 0.29) is 35.7 Å². The monoisotopic (exact) mass is 689 g/mol. The number of methoxy groups -OCH3 is 1. The number of halogens is 7. The largest absolute Gasteiger partial charge is 0.473 e. The summed E-state index contributed by atoms with van der Waals surface area (Å²) in [7, 11) is 1.51. The fourth-order valence-corrected chi connectivity index (χ4v) is 5.01. The summed E-state index contributed by atoms with van der Waals surface area (Å²) in [5.74, 6) is -5.72. The molecule has 0 aliphatic rings. The van der Waals surface area contributed by atoms with Gasteiger partial charge in [0.2, 0.25) is 5.88 Å². The van der Waals surface area contributed by atoms with Gasteiger partial charge in [0.25, 0.3) is 0 Å². The number of hydrogen-bond acceptors (Lipinski definition) is 6. The van der Waals surface area contributed by atoms with E-state index >= 15 is 8.78 Å². The van der Waals surface area contributed by atoms with Gasteiger partial charge in [0.1, 0.15) is 29.7 Å². The van der Waals surface area contributed by atoms with Gasteiger partial charge < -0.3 is 18.8 Å². The lowest BCUT2D eigenvalue weighted by atomic mass is 10.0. The zero-order valence-corrected chi connectivity index (χ0v) is 26.7. The maximum atomic E-state index is 15.5. The van der Waals surface area contributed by atoms with Crippen LogP contribution in [0.4, 0.5) is 30.7 Å². The lowest BCUT2D eigenvalue weighted by Gasteiger charge is -2.19. The van der Waals surface area contributed by atoms with Gasteiger partial charge in [-0.05, 0) is 68.8 Å². The van der Waals surface area contributed by atoms with Gasteiger partial charge in [-0.2, -0.15) is 13.2 Å². The molecule has 14 heteroatoms. The number of carbonyl (C=O) groups excluding carboxylic acids is 1. The highest BCUT2D eigenvalue weighted by Crippen LogP contribution is 2.34. The Bertz CT molecular complexity index is 2020. The van der Waals surface area contributed by atoms with Crippen LogP contribution in [0.1, 0.15) is 53.6 Å². The second-order valence-corrected chi connectivity index (χ2v) is 12.0. The summed E-state index contributed by atoms with van der Waals surface area (Å²) in [6.45, 7) is 5.15. The lowest BCUT2D eigenvalue weighted by molar-refractivity contribution is -0.140. The first kappa shape index (κ1) is 35.3. The van der Waals surface area contributed by atoms with E-state index in [0.717, 1.165) is 18.2 Å². The molecule has 0 fully saturated rings. The van der Waals surface area contributed by atoms with Crippen molar-refractivity contribution in [3.63, 3.8) is 0 Å². The molecule has 0 N–H and O–H groups in total. The fraction of sp³-hybridized carbons (Fsp3) is 0.286. The highest BCUT2D eigenvalue weighted by Gasteiger charge is 2.36. The van der Waals surface area contributed by atoms with Crippen LogP contribution < -0.4 is 4.74 Å². The van der Waals surface area contributed by atoms with E-state index in [1.165, 1.54) is 25.3 Å². The van der Waals surface area contributed by atoms with Crippen molar-refractivity contribution in [3.8, 4) is 17.1 Å². The molecule has 3 aromatic carbocycles. The van der Waals surface area contributed by atoms with Crippen molar-refractivity contribution < 1.29 is 49.7 Å². The molecule has 0 aliphatic heterocycles. The molecule has 0 saturated carbocycles. The zero-order chi connectivity index (χ0) is 35.7. The Morgan fingerprint density at radius 3 is 2.31 bits per heavy atom. The van der Waals surface area contributed by atoms with Crippen molar-refractivity contribution in [2.24, 2.45) is 0 Å². The van der Waals surface area contributed by atoms with Gasteiger partial charge in [0.05, 0.1) is 34.5 Å². The summed E-state index contributed by atoms with van der Waals surface area (Å²) in [4.78, 5) is 21.4. The van der Waals surface area contributed by atoms with Crippen LogP contribution in [0.25, 0.3) is 22.3 Å². The van der Waals surface area contributed by atoms with Crippen molar-refractivity contribution in [2.45, 2.75) is 52.1 Å². The Kier molecular flexibility index (Phi) is 10.00. The Morgan fingerprint density at radius 1 is 0.857 bits per heavy atom. The molecule has 258 valence electrons. The van der Waals surface area contributed by atoms with E-state index < -0.39 is 58.7 Å². The van der Waals surface area contributed by atoms with Gasteiger partial charge >= 0.3 is 12.1 Å². The molecule has 49 heavy (non-hydrogen) atoms. The minimum atomic E-state index is -5.08. The molecular formula is C35H30F7N3O4. The molecule has 5 aromatic rings. The molecule has 0 radical (unpaired) electrons. The molecule has 5 rings (SSSR count). The van der Waals surface area contributed by atoms with Crippen molar-refractivity contribution in [2.75, 3.05) is 13.7 Å². The van der Waals surface area contributed by atoms with Gasteiger partial charge in [0.15, 0.2) is 11.6 Å². The van der Waals surface area contributed by atoms with Crippen LogP contribution in [0.15, 0.2) is 60.7 Å². The lowest BCUT2D eigenvalue weighted by Crippen LogP contribution is -2.23. The van der Waals surface area contributed by atoms with Gasteiger partial charge in [-0.3, -0.25) is 0 Å². The molecule has 7 nitrogen and oxygen atoms in total. The molecule has 2 aromatic heterocycles. The maximum absolute atomic E-state index is 15.5. The first-order chi connectivity index (χ1) is 23.1. The molecule has 0 atom stereocenters. The number of alkyl halides is 3. The Hall–Kier alpha value is -4.98. The molecule has 0 aliphatic carbocycles. The molecule has 0 amide bonds. The van der Waals surface area contributed by atoms with E-state index in [4.69, 9.17) is 14.2 Å². The Labute approximate surface area is 276 Å². The number of nitrogens with zero attached hydrogens (tertiary/aromatic N) is 3. The number of ether oxygens (including phenoxy) is 3. The summed E-state index contributed by atoms with van der Waals surface area (Å²) >= 11 is 0. The second kappa shape index (κ2) is 13.9. The molecule has 0 saturated heterocycles. The van der Waals surface area contributed by atoms with E-state index in [1.54, 1.807) is 43.5 Å². The van der Waals surface area contributed by atoms with Gasteiger partial charge in [-0.25, -0.2) is 32.3 Å². The molecular weight excluding hydrogens is 659 g/mol. The molecule has 2 heterocycles. The van der Waals surface area contributed by atoms with E-state index in [0.29, 0.717) is 35.0 Å². The number of aromatic nitrogens is 3. The number of fused-ring (bicyclic) bond motifs is 1. The summed E-state index contributed by atoms with van der Waals surface area (Å²) in [6, 6.07) is 12.0. The number of esters is 1. The predicted molar refractivity (Wildman–Crippen MR) is 165 cm³/mol. The van der Waals surface area contributed by atoms with Crippen molar-refractivity contribution in [1.82, 2.24) is 14.5 Å². The number of carbonyl (C=O) groups is 1. The van der Waals surface area contributed by atoms with Crippen LogP contribution in [0.3, 0.4) is 0 Å². The third-order valence-corrected chi connectivity index (χ3v) is 7.31. The molecule has 0 spiro atoms. The number of hydrogen-bond donors (Lipinski definition) is 0. The van der Waals surface area contributed by atoms with Gasteiger partial charge in [0, 0.05) is 37.3 Å². The highest BCUT2D eigenvalue weighted by molar-refractivity contribution is 5.94. The quantitative estimate of drug-likeness (QED) is 0.108. The minimum absolute atomic E-state index is 0.0187. The molecule has 0 unspecified atom stereocenters. The van der Waals surface area contributed by atoms with Crippen LogP contribution >= 0.6 is 0 Å². The second-order valence-electron chi connectivity index (χ2n) is 12.0. The fourth-order valence-electron chi connectivity index (χ4n) is 5.01. The number of pyridine rings is 1. The standard InChI is InChI=1S/C35H30F7N3O4/c1-34(2,3)49-33(46)19-9-11-27-28(15-19)45(12-13-47-4)29(43-27)16-21-14-25(37)22(17-24(21)36)26-6-5-7-30(44-26)48-18-20-8-10-23(35(40,41)42)32(39)31(20)38/h5-11,14-15,17H,12-13,16,18H2,1-4H3. The first-order valence-electron chi connectivity index (χ1n) is 14.9. The van der Waals surface area contributed by atoms with E-state index in [1.807, 2.05) is 0 Å². The summed E-state index contributed by atoms with van der Waals surface area (Å²) in [5, 5.41) is 0. The van der Waals surface area contributed by atoms with Crippen molar-refractivity contribution in [3.05, 3.63) is 112 Å². The van der Waals surface area contributed by atoms with Gasteiger partial charge in [-0.1, -0.05) is 12.1 Å². The minimum Gasteiger partial charge on any atom is -0.473 e. The van der Waals surface area contributed by atoms with Gasteiger partial charge in [-0.15, -0.1) is 0 Å². The molecule has 0 bridgehead atoms. The number of benzene rings is 3. The summed E-state index contributed by atoms with van der Waals surface area (Å²) in [5.41, 5.74) is -1.87. The zero-order valence-electron chi connectivity index (χ0n) is 26.7. The van der Waals surface area contributed by atoms with Crippen LogP contribution in [0, 0.1) is 23.3 Å². The SMILES string of the molecule is COCCn1c(Cc2cc(F)c(-c3cccc(OCc4ccc(C(F)(F)F)c(F)c4F)n3)cc2F)nc2ccc(C(=O)OC(C)(C)C)cc21. The van der Waals surface area contributed by atoms with Crippen LogP contribution in [-0.4, -0.2) is 39.8 Å². The predicted octanol–water partition coefficient (Wildman–Crippen LogP) is 8.45. The maximum Gasteiger partial charge on any atom is 0.419 e. The average molecular weight is 690 g/mol. The van der Waals surface area contributed by atoms with Crippen molar-refractivity contribution in [1.29, 1.82) is 0 Å². The first-order valence-corrected chi connectivity index (χ1v) is 14.9. The summed E-state index contributed by atoms with van der Waals surface area (Å²) in [6.07, 6.45) is -5.20. The number of imidazole rings is 1. The third-order valence-electron chi connectivity index (χ3n) is 7.31. The smallest absolute Gasteiger partial charge is 0.419 e. The van der Waals surface area contributed by atoms with Crippen molar-refractivity contribution >= 4 is 17.0 Å². The van der Waals surface area contributed by atoms with E-state index in [2.05, 4.69) is 9.97 Å². The Morgan fingerprint density at radius 2 is 1.61 bits per heavy atom. The van der Waals surface area contributed by atoms with Crippen LogP contribution in [-0.2, 0) is 35.2 Å². The normalized spacial score (nSPS) is 12.1. The average Bonchev–Trinajstić information content (AvgIpc) is 3.36. The van der Waals surface area contributed by atoms with Crippen LogP contribution in [0.5, 0.6) is 5.88 Å². The Balaban J connectivity index is 1.39. The topological polar surface area (TPSA) is 75.5 Å². The van der Waals surface area contributed by atoms with E-state index in [9.17, 15) is 26.7 Å². The van der Waals surface area contributed by atoms with Crippen LogP contribution in [0.2, 0.25) is 0 Å². The third kappa shape index (κ3) is 8.02. The number of rotatable bonds is 10. The highest BCUT2D eigenvalue weighted by atomic mass is 19.4.